The van der Waals surface area contributed by atoms with Crippen LogP contribution in [0.3, 0.4) is 0 Å². The number of benzene rings is 3. The zero-order chi connectivity index (χ0) is 34.1. The minimum absolute atomic E-state index is 0.0811. The van der Waals surface area contributed by atoms with Gasteiger partial charge in [0, 0.05) is 13.1 Å². The molecule has 246 valence electrons. The Morgan fingerprint density at radius 3 is 1.02 bits per heavy atom. The van der Waals surface area contributed by atoms with E-state index in [1.807, 2.05) is 0 Å². The lowest BCUT2D eigenvalue weighted by Gasteiger charge is -2.34. The van der Waals surface area contributed by atoms with Crippen molar-refractivity contribution < 1.29 is 9.59 Å². The SMILES string of the molecule is C[Si](C)(C)C(=O)C1([Si](C)(C)C)C(c2ccc(C3N(Cc4ccccc4)C3(C(=O)[Si](C)(C)C)[Si](C)(C)C)cc2)N1Cc1ccccc1. The van der Waals surface area contributed by atoms with Gasteiger partial charge in [-0.05, 0) is 22.3 Å². The molecule has 0 saturated carbocycles. The van der Waals surface area contributed by atoms with Crippen LogP contribution >= 0.6 is 0 Å². The van der Waals surface area contributed by atoms with E-state index in [-0.39, 0.29) is 12.1 Å². The molecule has 2 saturated heterocycles. The standard InChI is InChI=1S/C38H56N2O2Si4/c1-43(2,3)35(41)37(45(7,8)9)33(39(37)27-29-19-15-13-16-20-29)31-23-25-32(26-24-31)34-38(46(10,11)12,36(42)44(4,5)6)40(34)28-30-21-17-14-18-22-30/h13-26,33-34H,27-28H2,1-12H3. The predicted molar refractivity (Wildman–Crippen MR) is 205 cm³/mol. The molecule has 46 heavy (non-hydrogen) atoms. The van der Waals surface area contributed by atoms with Crippen LogP contribution in [-0.4, -0.2) is 63.2 Å². The van der Waals surface area contributed by atoms with Crippen LogP contribution in [0.5, 0.6) is 0 Å². The minimum Gasteiger partial charge on any atom is -0.304 e. The molecule has 0 radical (unpaired) electrons. The molecule has 0 bridgehead atoms. The third-order valence-corrected chi connectivity index (χ3v) is 20.6. The second kappa shape index (κ2) is 11.7. The summed E-state index contributed by atoms with van der Waals surface area (Å²) in [5, 5.41) is 0.172. The fourth-order valence-electron chi connectivity index (χ4n) is 8.40. The first-order valence-corrected chi connectivity index (χ1v) is 31.0. The topological polar surface area (TPSA) is 40.2 Å². The molecule has 3 aromatic carbocycles. The van der Waals surface area contributed by atoms with Crippen molar-refractivity contribution in [2.45, 2.75) is 114 Å². The van der Waals surface area contributed by atoms with Crippen LogP contribution in [-0.2, 0) is 22.7 Å². The summed E-state index contributed by atoms with van der Waals surface area (Å²) in [5.74, 6) is 0. The Bertz CT molecular complexity index is 1460. The van der Waals surface area contributed by atoms with Crippen LogP contribution in [0, 0.1) is 0 Å². The highest BCUT2D eigenvalue weighted by Crippen LogP contribution is 2.63. The van der Waals surface area contributed by atoms with Gasteiger partial charge in [-0.1, -0.05) is 163 Å². The van der Waals surface area contributed by atoms with Gasteiger partial charge in [0.2, 0.25) is 0 Å². The van der Waals surface area contributed by atoms with E-state index in [9.17, 15) is 9.59 Å². The fraction of sp³-hybridized carbons (Fsp3) is 0.474. The van der Waals surface area contributed by atoms with E-state index < -0.39 is 42.6 Å². The third-order valence-electron chi connectivity index (χ3n) is 10.5. The highest BCUT2D eigenvalue weighted by atomic mass is 28.3. The molecule has 0 aliphatic carbocycles. The zero-order valence-electron chi connectivity index (χ0n) is 30.4. The molecule has 0 aromatic heterocycles. The number of carbonyl (C=O) groups excluding carboxylic acids is 2. The van der Waals surface area contributed by atoms with Gasteiger partial charge in [0.15, 0.2) is 0 Å². The smallest absolute Gasteiger partial charge is 0.129 e. The molecule has 5 rings (SSSR count). The van der Waals surface area contributed by atoms with Gasteiger partial charge in [-0.15, -0.1) is 0 Å². The first kappa shape index (κ1) is 35.1. The van der Waals surface area contributed by atoms with Crippen molar-refractivity contribution in [2.24, 2.45) is 0 Å². The van der Waals surface area contributed by atoms with E-state index in [4.69, 9.17) is 0 Å². The summed E-state index contributed by atoms with van der Waals surface area (Å²) in [5.41, 5.74) is 4.98. The summed E-state index contributed by atoms with van der Waals surface area (Å²) in [6.07, 6.45) is 0. The summed E-state index contributed by atoms with van der Waals surface area (Å²) in [4.78, 5) is 34.2. The van der Waals surface area contributed by atoms with Gasteiger partial charge >= 0.3 is 0 Å². The van der Waals surface area contributed by atoms with Gasteiger partial charge in [-0.25, -0.2) is 0 Å². The third kappa shape index (κ3) is 5.77. The molecule has 2 aliphatic heterocycles. The maximum atomic E-state index is 14.6. The average molecular weight is 685 g/mol. The van der Waals surface area contributed by atoms with Crippen molar-refractivity contribution in [3.05, 3.63) is 107 Å². The molecule has 0 amide bonds. The summed E-state index contributed by atoms with van der Waals surface area (Å²) >= 11 is 0. The van der Waals surface area contributed by atoms with Crippen molar-refractivity contribution in [2.75, 3.05) is 0 Å². The number of rotatable bonds is 12. The Labute approximate surface area is 282 Å². The average Bonchev–Trinajstić information content (AvgIpc) is 3.83. The fourth-order valence-corrected chi connectivity index (χ4v) is 21.4. The van der Waals surface area contributed by atoms with E-state index in [1.54, 1.807) is 0 Å². The van der Waals surface area contributed by atoms with Gasteiger partial charge in [0.1, 0.15) is 27.0 Å². The van der Waals surface area contributed by atoms with E-state index in [0.29, 0.717) is 10.8 Å². The second-order valence-corrected chi connectivity index (χ2v) is 38.3. The van der Waals surface area contributed by atoms with E-state index >= 15 is 0 Å². The van der Waals surface area contributed by atoms with Crippen LogP contribution in [0.1, 0.15) is 34.3 Å². The molecular weight excluding hydrogens is 629 g/mol. The zero-order valence-corrected chi connectivity index (χ0v) is 34.4. The maximum Gasteiger partial charge on any atom is 0.129 e. The van der Waals surface area contributed by atoms with E-state index in [1.165, 1.54) is 22.3 Å². The molecule has 4 nitrogen and oxygen atoms in total. The minimum atomic E-state index is -2.09. The highest BCUT2D eigenvalue weighted by Gasteiger charge is 2.75. The van der Waals surface area contributed by atoms with E-state index in [2.05, 4.69) is 173 Å². The Morgan fingerprint density at radius 2 is 0.783 bits per heavy atom. The number of hydrogen-bond donors (Lipinski definition) is 0. The number of carbonyl (C=O) groups is 2. The first-order chi connectivity index (χ1) is 21.2. The highest BCUT2D eigenvalue weighted by molar-refractivity contribution is 7.09. The number of hydrogen-bond acceptors (Lipinski definition) is 4. The van der Waals surface area contributed by atoms with Crippen LogP contribution in [0.4, 0.5) is 0 Å². The maximum absolute atomic E-state index is 14.6. The lowest BCUT2D eigenvalue weighted by atomic mass is 10.0. The van der Waals surface area contributed by atoms with Gasteiger partial charge < -0.3 is 9.59 Å². The summed E-state index contributed by atoms with van der Waals surface area (Å²) in [7, 11) is -8.19. The Balaban J connectivity index is 1.58. The lowest BCUT2D eigenvalue weighted by molar-refractivity contribution is -0.115. The van der Waals surface area contributed by atoms with Gasteiger partial charge in [-0.2, -0.15) is 0 Å². The molecule has 6 atom stereocenters. The van der Waals surface area contributed by atoms with Gasteiger partial charge in [0.25, 0.3) is 0 Å². The molecule has 2 fully saturated rings. The van der Waals surface area contributed by atoms with Crippen molar-refractivity contribution in [1.29, 1.82) is 0 Å². The number of nitrogens with zero attached hydrogens (tertiary/aromatic N) is 2. The molecule has 2 heterocycles. The lowest BCUT2D eigenvalue weighted by Crippen LogP contribution is -2.58. The summed E-state index contributed by atoms with van der Waals surface area (Å²) in [6.45, 7) is 29.2. The molecule has 2 aliphatic rings. The van der Waals surface area contributed by atoms with Crippen molar-refractivity contribution in [3.8, 4) is 0 Å². The Kier molecular flexibility index (Phi) is 8.96. The van der Waals surface area contributed by atoms with E-state index in [0.717, 1.165) is 13.1 Å². The van der Waals surface area contributed by atoms with Crippen molar-refractivity contribution in [3.63, 3.8) is 0 Å². The molecule has 0 N–H and O–H groups in total. The molecule has 0 spiro atoms. The normalized spacial score (nSPS) is 28.1. The van der Waals surface area contributed by atoms with Crippen LogP contribution in [0.2, 0.25) is 78.6 Å². The van der Waals surface area contributed by atoms with Crippen LogP contribution < -0.4 is 0 Å². The van der Waals surface area contributed by atoms with Gasteiger partial charge in [0.05, 0.1) is 38.6 Å². The Morgan fingerprint density at radius 1 is 0.500 bits per heavy atom. The first-order valence-electron chi connectivity index (χ1n) is 17.0. The van der Waals surface area contributed by atoms with Crippen LogP contribution in [0.15, 0.2) is 84.9 Å². The monoisotopic (exact) mass is 684 g/mol. The second-order valence-electron chi connectivity index (χ2n) is 17.9. The quantitative estimate of drug-likeness (QED) is 0.141. The Hall–Kier alpha value is -2.21. The van der Waals surface area contributed by atoms with Crippen molar-refractivity contribution >= 4 is 43.1 Å². The van der Waals surface area contributed by atoms with Crippen LogP contribution in [0.25, 0.3) is 0 Å². The molecular formula is C38H56N2O2Si4. The van der Waals surface area contributed by atoms with Crippen molar-refractivity contribution in [1.82, 2.24) is 9.80 Å². The molecule has 3 aromatic rings. The summed E-state index contributed by atoms with van der Waals surface area (Å²) in [6, 6.07) is 30.6. The largest absolute Gasteiger partial charge is 0.304 e. The predicted octanol–water partition coefficient (Wildman–Crippen LogP) is 8.93. The molecule has 8 heteroatoms. The van der Waals surface area contributed by atoms with Gasteiger partial charge in [-0.3, -0.25) is 9.80 Å². The molecule has 6 unspecified atom stereocenters. The summed E-state index contributed by atoms with van der Waals surface area (Å²) < 4.78 is 0.